The Hall–Kier alpha value is -4.32. The van der Waals surface area contributed by atoms with Crippen LogP contribution in [-0.4, -0.2) is 28.6 Å². The first-order chi connectivity index (χ1) is 16.0. The van der Waals surface area contributed by atoms with Crippen molar-refractivity contribution in [1.82, 2.24) is 10.6 Å². The number of nitrogens with zero attached hydrogens (tertiary/aromatic N) is 3. The van der Waals surface area contributed by atoms with Gasteiger partial charge in [-0.25, -0.2) is 4.99 Å². The highest BCUT2D eigenvalue weighted by atomic mass is 16.6. The molecule has 9 nitrogen and oxygen atoms in total. The second-order valence-corrected chi connectivity index (χ2v) is 7.91. The maximum atomic E-state index is 12.9. The lowest BCUT2D eigenvalue weighted by atomic mass is 9.95. The van der Waals surface area contributed by atoms with Gasteiger partial charge in [0.1, 0.15) is 17.5 Å². The van der Waals surface area contributed by atoms with Crippen molar-refractivity contribution in [2.45, 2.75) is 38.1 Å². The molecule has 33 heavy (non-hydrogen) atoms. The Kier molecular flexibility index (Phi) is 6.26. The maximum absolute atomic E-state index is 12.9. The number of amidine groups is 1. The van der Waals surface area contributed by atoms with E-state index in [0.29, 0.717) is 11.1 Å². The van der Waals surface area contributed by atoms with E-state index in [1.807, 2.05) is 6.07 Å². The first-order valence-electron chi connectivity index (χ1n) is 10.7. The van der Waals surface area contributed by atoms with Gasteiger partial charge in [-0.3, -0.25) is 19.7 Å². The molecule has 0 aromatic heterocycles. The van der Waals surface area contributed by atoms with E-state index in [1.54, 1.807) is 24.3 Å². The van der Waals surface area contributed by atoms with E-state index in [0.717, 1.165) is 32.1 Å². The standard InChI is InChI=1S/C24H21N5O4/c25-14-20(24(31)26-16-6-2-1-3-7-16)21-18-8-4-5-9-19(18)22(27-21)28-23(30)15-10-12-17(13-11-15)29(32)33/h4-5,8-13,16H,1-3,6-7H2,(H,26,31)(H,27,28,30). The van der Waals surface area contributed by atoms with E-state index in [4.69, 9.17) is 0 Å². The highest BCUT2D eigenvalue weighted by Crippen LogP contribution is 2.31. The zero-order chi connectivity index (χ0) is 23.4. The average Bonchev–Trinajstić information content (AvgIpc) is 3.18. The summed E-state index contributed by atoms with van der Waals surface area (Å²) in [6.45, 7) is 0. The molecule has 166 valence electrons. The number of hydrogen-bond donors (Lipinski definition) is 2. The molecule has 1 saturated carbocycles. The first-order valence-corrected chi connectivity index (χ1v) is 10.7. The lowest BCUT2D eigenvalue weighted by Crippen LogP contribution is -2.37. The number of carbonyl (C=O) groups excluding carboxylic acids is 2. The van der Waals surface area contributed by atoms with Gasteiger partial charge >= 0.3 is 0 Å². The zero-order valence-corrected chi connectivity index (χ0v) is 17.7. The van der Waals surface area contributed by atoms with Gasteiger partial charge in [0.15, 0.2) is 0 Å². The molecule has 1 aliphatic carbocycles. The van der Waals surface area contributed by atoms with Crippen LogP contribution in [0.2, 0.25) is 0 Å². The van der Waals surface area contributed by atoms with Crippen LogP contribution >= 0.6 is 0 Å². The minimum atomic E-state index is -0.544. The highest BCUT2D eigenvalue weighted by molar-refractivity contribution is 6.20. The molecule has 0 atom stereocenters. The van der Waals surface area contributed by atoms with Crippen molar-refractivity contribution in [2.75, 3.05) is 0 Å². The minimum Gasteiger partial charge on any atom is -0.349 e. The van der Waals surface area contributed by atoms with Crippen molar-refractivity contribution in [1.29, 1.82) is 5.26 Å². The van der Waals surface area contributed by atoms with E-state index in [9.17, 15) is 25.0 Å². The SMILES string of the molecule is N#CC(C(=O)NC1CCCCC1)=C1N=C(NC(=O)c2ccc([N+](=O)[O-])cc2)c2ccccc21. The quantitative estimate of drug-likeness (QED) is 0.323. The van der Waals surface area contributed by atoms with E-state index in [2.05, 4.69) is 15.6 Å². The van der Waals surface area contributed by atoms with Gasteiger partial charge in [-0.05, 0) is 25.0 Å². The fraction of sp³-hybridized carbons (Fsp3) is 0.250. The molecule has 2 amide bonds. The fourth-order valence-electron chi connectivity index (χ4n) is 4.04. The Morgan fingerprint density at radius 2 is 1.70 bits per heavy atom. The largest absolute Gasteiger partial charge is 0.349 e. The van der Waals surface area contributed by atoms with Crippen LogP contribution in [0.5, 0.6) is 0 Å². The van der Waals surface area contributed by atoms with Crippen LogP contribution in [0.25, 0.3) is 5.70 Å². The van der Waals surface area contributed by atoms with E-state index in [-0.39, 0.29) is 34.4 Å². The predicted molar refractivity (Wildman–Crippen MR) is 121 cm³/mol. The second kappa shape index (κ2) is 9.44. The highest BCUT2D eigenvalue weighted by Gasteiger charge is 2.28. The average molecular weight is 443 g/mol. The number of hydrogen-bond acceptors (Lipinski definition) is 6. The van der Waals surface area contributed by atoms with Crippen LogP contribution in [0.4, 0.5) is 5.69 Å². The molecular weight excluding hydrogens is 422 g/mol. The van der Waals surface area contributed by atoms with Crippen LogP contribution in [0.1, 0.15) is 53.6 Å². The number of benzene rings is 2. The number of nitriles is 1. The Morgan fingerprint density at radius 1 is 1.03 bits per heavy atom. The minimum absolute atomic E-state index is 0.0390. The maximum Gasteiger partial charge on any atom is 0.269 e. The molecule has 1 heterocycles. The van der Waals surface area contributed by atoms with Crippen molar-refractivity contribution in [3.8, 4) is 6.07 Å². The molecule has 0 spiro atoms. The zero-order valence-electron chi connectivity index (χ0n) is 17.7. The molecule has 0 saturated heterocycles. The van der Waals surface area contributed by atoms with Crippen molar-refractivity contribution in [3.05, 3.63) is 80.9 Å². The normalized spacial score (nSPS) is 16.8. The van der Waals surface area contributed by atoms with E-state index in [1.165, 1.54) is 24.3 Å². The van der Waals surface area contributed by atoms with E-state index >= 15 is 0 Å². The number of nitro benzene ring substituents is 1. The molecule has 2 N–H and O–H groups in total. The number of aliphatic imine (C=N–C) groups is 1. The van der Waals surface area contributed by atoms with Crippen LogP contribution in [-0.2, 0) is 4.79 Å². The molecule has 4 rings (SSSR count). The summed E-state index contributed by atoms with van der Waals surface area (Å²) < 4.78 is 0. The molecule has 2 aromatic rings. The van der Waals surface area contributed by atoms with E-state index < -0.39 is 16.7 Å². The Morgan fingerprint density at radius 3 is 2.33 bits per heavy atom. The number of carbonyl (C=O) groups is 2. The van der Waals surface area contributed by atoms with Gasteiger partial charge in [0.25, 0.3) is 17.5 Å². The number of nitrogens with one attached hydrogen (secondary N) is 2. The van der Waals surface area contributed by atoms with Gasteiger partial charge in [-0.1, -0.05) is 43.5 Å². The lowest BCUT2D eigenvalue weighted by molar-refractivity contribution is -0.384. The summed E-state index contributed by atoms with van der Waals surface area (Å²) in [5.74, 6) is -0.770. The second-order valence-electron chi connectivity index (χ2n) is 7.91. The van der Waals surface area contributed by atoms with Crippen molar-refractivity contribution < 1.29 is 14.5 Å². The summed E-state index contributed by atoms with van der Waals surface area (Å²) in [6, 6.07) is 14.2. The van der Waals surface area contributed by atoms with Crippen LogP contribution in [0, 0.1) is 21.4 Å². The molecule has 0 unspecified atom stereocenters. The predicted octanol–water partition coefficient (Wildman–Crippen LogP) is 3.47. The lowest BCUT2D eigenvalue weighted by Gasteiger charge is -2.22. The van der Waals surface area contributed by atoms with Crippen LogP contribution in [0.15, 0.2) is 59.1 Å². The topological polar surface area (TPSA) is 137 Å². The summed E-state index contributed by atoms with van der Waals surface area (Å²) in [5, 5.41) is 26.2. The monoisotopic (exact) mass is 443 g/mol. The molecule has 0 radical (unpaired) electrons. The van der Waals surface area contributed by atoms with Crippen molar-refractivity contribution in [2.24, 2.45) is 4.99 Å². The van der Waals surface area contributed by atoms with Gasteiger partial charge in [0.2, 0.25) is 0 Å². The third-order valence-corrected chi connectivity index (χ3v) is 5.75. The summed E-state index contributed by atoms with van der Waals surface area (Å²) in [4.78, 5) is 40.3. The molecule has 2 aromatic carbocycles. The van der Waals surface area contributed by atoms with Gasteiger partial charge < -0.3 is 10.6 Å². The Labute approximate surface area is 190 Å². The number of fused-ring (bicyclic) bond motifs is 1. The first kappa shape index (κ1) is 21.9. The third kappa shape index (κ3) is 4.65. The van der Waals surface area contributed by atoms with Crippen LogP contribution in [0.3, 0.4) is 0 Å². The number of non-ortho nitro benzene ring substituents is 1. The van der Waals surface area contributed by atoms with Crippen molar-refractivity contribution in [3.63, 3.8) is 0 Å². The van der Waals surface area contributed by atoms with Crippen molar-refractivity contribution >= 4 is 29.0 Å². The Balaban J connectivity index is 1.62. The van der Waals surface area contributed by atoms with Gasteiger partial charge in [-0.2, -0.15) is 5.26 Å². The summed E-state index contributed by atoms with van der Waals surface area (Å²) in [6.07, 6.45) is 5.01. The summed E-state index contributed by atoms with van der Waals surface area (Å²) >= 11 is 0. The molecule has 1 aliphatic heterocycles. The fourth-order valence-corrected chi connectivity index (χ4v) is 4.04. The third-order valence-electron chi connectivity index (χ3n) is 5.75. The Bertz CT molecular complexity index is 1220. The van der Waals surface area contributed by atoms with Crippen LogP contribution < -0.4 is 10.6 Å². The molecule has 9 heteroatoms. The smallest absolute Gasteiger partial charge is 0.269 e. The number of amides is 2. The molecule has 2 aliphatic rings. The van der Waals surface area contributed by atoms with Gasteiger partial charge in [0.05, 0.1) is 10.6 Å². The molecule has 1 fully saturated rings. The van der Waals surface area contributed by atoms with Gasteiger partial charge in [0, 0.05) is 34.9 Å². The number of rotatable bonds is 4. The summed E-state index contributed by atoms with van der Waals surface area (Å²) in [7, 11) is 0. The number of nitro groups is 1. The summed E-state index contributed by atoms with van der Waals surface area (Å²) in [5.41, 5.74) is 1.36. The molecular formula is C24H21N5O4. The van der Waals surface area contributed by atoms with Gasteiger partial charge in [-0.15, -0.1) is 0 Å². The molecule has 0 bridgehead atoms.